The van der Waals surface area contributed by atoms with Crippen molar-refractivity contribution in [3.63, 3.8) is 0 Å². The molecule has 1 saturated carbocycles. The van der Waals surface area contributed by atoms with Crippen molar-refractivity contribution in [2.75, 3.05) is 0 Å². The van der Waals surface area contributed by atoms with E-state index < -0.39 is 16.1 Å². The predicted octanol–water partition coefficient (Wildman–Crippen LogP) is 1.22. The predicted molar refractivity (Wildman–Crippen MR) is 89.7 cm³/mol. The number of halogens is 1. The summed E-state index contributed by atoms with van der Waals surface area (Å²) in [6.45, 7) is 1.55. The number of amides is 1. The Hall–Kier alpha value is -0.670. The second-order valence-corrected chi connectivity index (χ2v) is 8.28. The summed E-state index contributed by atoms with van der Waals surface area (Å²) in [6.07, 6.45) is 3.47. The number of nitrogens with one attached hydrogen (secondary N) is 2. The number of hydrogen-bond acceptors (Lipinski definition) is 5. The molecule has 126 valence electrons. The number of carbonyl (C=O) groups excluding carboxylic acids is 1. The van der Waals surface area contributed by atoms with E-state index in [9.17, 15) is 13.2 Å². The zero-order chi connectivity index (χ0) is 15.5. The molecule has 1 fully saturated rings. The molecule has 6 nitrogen and oxygen atoms in total. The molecule has 1 aliphatic carbocycles. The molecular formula is C13H22ClN3O3S2. The number of rotatable bonds is 5. The van der Waals surface area contributed by atoms with E-state index in [-0.39, 0.29) is 34.6 Å². The van der Waals surface area contributed by atoms with E-state index in [2.05, 4.69) is 10.0 Å². The topological polar surface area (TPSA) is 101 Å². The van der Waals surface area contributed by atoms with Crippen LogP contribution >= 0.6 is 23.7 Å². The average molecular weight is 368 g/mol. The Labute approximate surface area is 141 Å². The maximum Gasteiger partial charge on any atom is 0.250 e. The molecule has 1 aromatic heterocycles. The van der Waals surface area contributed by atoms with Crippen LogP contribution in [-0.2, 0) is 14.8 Å². The van der Waals surface area contributed by atoms with Crippen molar-refractivity contribution >= 4 is 39.7 Å². The number of sulfonamides is 1. The first-order valence-electron chi connectivity index (χ1n) is 7.00. The van der Waals surface area contributed by atoms with Crippen LogP contribution in [0.1, 0.15) is 32.6 Å². The van der Waals surface area contributed by atoms with E-state index in [1.165, 1.54) is 6.07 Å². The average Bonchev–Trinajstić information content (AvgIpc) is 2.95. The molecule has 9 heteroatoms. The molecule has 1 aliphatic rings. The Bertz CT molecular complexity index is 569. The van der Waals surface area contributed by atoms with Crippen LogP contribution in [0.15, 0.2) is 21.7 Å². The second-order valence-electron chi connectivity index (χ2n) is 5.40. The zero-order valence-corrected chi connectivity index (χ0v) is 14.8. The van der Waals surface area contributed by atoms with Crippen molar-refractivity contribution in [1.82, 2.24) is 10.0 Å². The summed E-state index contributed by atoms with van der Waals surface area (Å²) in [5.41, 5.74) is 5.82. The molecule has 0 spiro atoms. The molecule has 1 atom stereocenters. The molecule has 1 unspecified atom stereocenters. The summed E-state index contributed by atoms with van der Waals surface area (Å²) < 4.78 is 26.7. The minimum absolute atomic E-state index is 0. The zero-order valence-electron chi connectivity index (χ0n) is 12.3. The molecule has 0 aliphatic heterocycles. The lowest BCUT2D eigenvalue weighted by molar-refractivity contribution is -0.123. The highest BCUT2D eigenvalue weighted by Gasteiger charge is 2.26. The largest absolute Gasteiger partial charge is 0.352 e. The van der Waals surface area contributed by atoms with Gasteiger partial charge in [-0.15, -0.1) is 23.7 Å². The van der Waals surface area contributed by atoms with Gasteiger partial charge in [-0.25, -0.2) is 8.42 Å². The molecule has 0 radical (unpaired) electrons. The van der Waals surface area contributed by atoms with Gasteiger partial charge in [0.1, 0.15) is 4.21 Å². The van der Waals surface area contributed by atoms with Gasteiger partial charge in [0.15, 0.2) is 0 Å². The highest BCUT2D eigenvalue weighted by atomic mass is 35.5. The lowest BCUT2D eigenvalue weighted by Crippen LogP contribution is -2.49. The van der Waals surface area contributed by atoms with Crippen LogP contribution in [-0.4, -0.2) is 32.5 Å². The number of carbonyl (C=O) groups is 1. The normalized spacial score (nSPS) is 23.4. The summed E-state index contributed by atoms with van der Waals surface area (Å²) in [4.78, 5) is 12.1. The van der Waals surface area contributed by atoms with Gasteiger partial charge in [0.2, 0.25) is 5.91 Å². The molecule has 1 heterocycles. The number of nitrogens with two attached hydrogens (primary N) is 1. The summed E-state index contributed by atoms with van der Waals surface area (Å²) in [5.74, 6) is -0.296. The van der Waals surface area contributed by atoms with Gasteiger partial charge < -0.3 is 11.1 Å². The van der Waals surface area contributed by atoms with Crippen LogP contribution < -0.4 is 15.8 Å². The SMILES string of the molecule is CC(NS(=O)(=O)c1cccs1)C(=O)NC1CCC(N)CC1.Cl. The van der Waals surface area contributed by atoms with Crippen LogP contribution in [0, 0.1) is 0 Å². The van der Waals surface area contributed by atoms with Gasteiger partial charge in [-0.05, 0) is 44.1 Å². The van der Waals surface area contributed by atoms with Gasteiger partial charge in [-0.2, -0.15) is 4.72 Å². The van der Waals surface area contributed by atoms with E-state index in [4.69, 9.17) is 5.73 Å². The molecule has 0 saturated heterocycles. The van der Waals surface area contributed by atoms with E-state index in [1.807, 2.05) is 0 Å². The fraction of sp³-hybridized carbons (Fsp3) is 0.615. The lowest BCUT2D eigenvalue weighted by Gasteiger charge is -2.27. The van der Waals surface area contributed by atoms with Crippen LogP contribution in [0.25, 0.3) is 0 Å². The number of hydrogen-bond donors (Lipinski definition) is 3. The van der Waals surface area contributed by atoms with Crippen molar-refractivity contribution in [3.05, 3.63) is 17.5 Å². The Morgan fingerprint density at radius 1 is 1.36 bits per heavy atom. The third kappa shape index (κ3) is 5.20. The smallest absolute Gasteiger partial charge is 0.250 e. The third-order valence-corrected chi connectivity index (χ3v) is 6.54. The highest BCUT2D eigenvalue weighted by Crippen LogP contribution is 2.18. The Balaban J connectivity index is 0.00000242. The maximum atomic E-state index is 12.1. The summed E-state index contributed by atoms with van der Waals surface area (Å²) in [6, 6.07) is 2.68. The van der Waals surface area contributed by atoms with Crippen molar-refractivity contribution in [2.45, 2.75) is 54.9 Å². The van der Waals surface area contributed by atoms with E-state index >= 15 is 0 Å². The van der Waals surface area contributed by atoms with Gasteiger partial charge in [-0.3, -0.25) is 4.79 Å². The Morgan fingerprint density at radius 2 is 2.00 bits per heavy atom. The monoisotopic (exact) mass is 367 g/mol. The Morgan fingerprint density at radius 3 is 2.55 bits per heavy atom. The van der Waals surface area contributed by atoms with Crippen LogP contribution in [0.5, 0.6) is 0 Å². The first-order valence-corrected chi connectivity index (χ1v) is 9.36. The fourth-order valence-corrected chi connectivity index (χ4v) is 4.56. The summed E-state index contributed by atoms with van der Waals surface area (Å²) in [5, 5.41) is 4.57. The lowest BCUT2D eigenvalue weighted by atomic mass is 9.92. The molecule has 2 rings (SSSR count). The van der Waals surface area contributed by atoms with Crippen molar-refractivity contribution in [3.8, 4) is 0 Å². The van der Waals surface area contributed by atoms with E-state index in [0.29, 0.717) is 0 Å². The van der Waals surface area contributed by atoms with Crippen molar-refractivity contribution < 1.29 is 13.2 Å². The van der Waals surface area contributed by atoms with E-state index in [1.54, 1.807) is 18.4 Å². The van der Waals surface area contributed by atoms with Crippen LogP contribution in [0.4, 0.5) is 0 Å². The molecule has 22 heavy (non-hydrogen) atoms. The quantitative estimate of drug-likeness (QED) is 0.728. The van der Waals surface area contributed by atoms with Crippen LogP contribution in [0.3, 0.4) is 0 Å². The number of thiophene rings is 1. The molecule has 1 amide bonds. The third-order valence-electron chi connectivity index (χ3n) is 3.60. The minimum Gasteiger partial charge on any atom is -0.352 e. The Kier molecular flexibility index (Phi) is 7.27. The highest BCUT2D eigenvalue weighted by molar-refractivity contribution is 7.91. The summed E-state index contributed by atoms with van der Waals surface area (Å²) in [7, 11) is -3.62. The molecule has 4 N–H and O–H groups in total. The van der Waals surface area contributed by atoms with Gasteiger partial charge >= 0.3 is 0 Å². The minimum atomic E-state index is -3.62. The van der Waals surface area contributed by atoms with Gasteiger partial charge in [0.25, 0.3) is 10.0 Å². The molecular weight excluding hydrogens is 346 g/mol. The first kappa shape index (κ1) is 19.4. The first-order chi connectivity index (χ1) is 9.88. The molecule has 0 aromatic carbocycles. The van der Waals surface area contributed by atoms with Gasteiger partial charge in [-0.1, -0.05) is 6.07 Å². The van der Waals surface area contributed by atoms with Crippen molar-refractivity contribution in [2.24, 2.45) is 5.73 Å². The standard InChI is InChI=1S/C13H21N3O3S2.ClH/c1-9(16-21(18,19)12-3-2-8-20-12)13(17)15-11-6-4-10(14)5-7-11;/h2-3,8-11,16H,4-7,14H2,1H3,(H,15,17);1H. The van der Waals surface area contributed by atoms with Crippen LogP contribution in [0.2, 0.25) is 0 Å². The summed E-state index contributed by atoms with van der Waals surface area (Å²) >= 11 is 1.12. The maximum absolute atomic E-state index is 12.1. The molecule has 0 bridgehead atoms. The molecule has 1 aromatic rings. The van der Waals surface area contributed by atoms with Gasteiger partial charge in [0, 0.05) is 12.1 Å². The second kappa shape index (κ2) is 8.26. The fourth-order valence-electron chi connectivity index (χ4n) is 2.35. The van der Waals surface area contributed by atoms with E-state index in [0.717, 1.165) is 37.0 Å². The van der Waals surface area contributed by atoms with Crippen molar-refractivity contribution in [1.29, 1.82) is 0 Å². The van der Waals surface area contributed by atoms with Gasteiger partial charge in [0.05, 0.1) is 6.04 Å².